The number of alkyl halides is 3. The summed E-state index contributed by atoms with van der Waals surface area (Å²) in [6, 6.07) is 1.94. The van der Waals surface area contributed by atoms with Crippen molar-refractivity contribution in [2.24, 2.45) is 0 Å². The highest BCUT2D eigenvalue weighted by Crippen LogP contribution is 2.36. The zero-order chi connectivity index (χ0) is 14.0. The lowest BCUT2D eigenvalue weighted by atomic mass is 9.98. The highest BCUT2D eigenvalue weighted by Gasteiger charge is 2.35. The van der Waals surface area contributed by atoms with Gasteiger partial charge in [-0.05, 0) is 18.2 Å². The van der Waals surface area contributed by atoms with Crippen LogP contribution in [0.5, 0.6) is 0 Å². The molecular formula is C12H8F4N2O. The van der Waals surface area contributed by atoms with Crippen LogP contribution >= 0.6 is 0 Å². The lowest BCUT2D eigenvalue weighted by molar-refractivity contribution is -0.139. The van der Waals surface area contributed by atoms with Gasteiger partial charge in [-0.15, -0.1) is 0 Å². The molecule has 0 saturated carbocycles. The highest BCUT2D eigenvalue weighted by molar-refractivity contribution is 5.36. The zero-order valence-corrected chi connectivity index (χ0v) is 9.39. The minimum atomic E-state index is -4.68. The second kappa shape index (κ2) is 4.93. The van der Waals surface area contributed by atoms with E-state index in [1.165, 1.54) is 18.7 Å². The summed E-state index contributed by atoms with van der Waals surface area (Å²) in [5.74, 6) is -0.862. The van der Waals surface area contributed by atoms with Crippen molar-refractivity contribution in [3.05, 3.63) is 59.4 Å². The van der Waals surface area contributed by atoms with Crippen molar-refractivity contribution in [1.29, 1.82) is 0 Å². The summed E-state index contributed by atoms with van der Waals surface area (Å²) in [6.07, 6.45) is -2.81. The number of nitrogens with zero attached hydrogens (tertiary/aromatic N) is 2. The second-order valence-corrected chi connectivity index (χ2v) is 3.80. The molecule has 0 aliphatic heterocycles. The van der Waals surface area contributed by atoms with Gasteiger partial charge in [0.1, 0.15) is 18.2 Å². The molecule has 1 heterocycles. The number of aromatic nitrogens is 2. The van der Waals surface area contributed by atoms with Crippen LogP contribution in [0, 0.1) is 5.82 Å². The number of hydrogen-bond donors (Lipinski definition) is 1. The number of rotatable bonds is 2. The molecule has 0 fully saturated rings. The van der Waals surface area contributed by atoms with Crippen LogP contribution in [0.3, 0.4) is 0 Å². The maximum atomic E-state index is 13.1. The number of hydrogen-bond acceptors (Lipinski definition) is 3. The predicted molar refractivity (Wildman–Crippen MR) is 57.5 cm³/mol. The molecule has 3 nitrogen and oxygen atoms in total. The molecule has 1 aromatic carbocycles. The van der Waals surface area contributed by atoms with E-state index >= 15 is 0 Å². The lowest BCUT2D eigenvalue weighted by Gasteiger charge is -2.17. The van der Waals surface area contributed by atoms with Crippen LogP contribution in [0.4, 0.5) is 17.6 Å². The van der Waals surface area contributed by atoms with Crippen LogP contribution in [0.2, 0.25) is 0 Å². The van der Waals surface area contributed by atoms with Crippen LogP contribution in [-0.2, 0) is 6.18 Å². The van der Waals surface area contributed by atoms with Crippen LogP contribution in [-0.4, -0.2) is 15.1 Å². The minimum Gasteiger partial charge on any atom is -0.384 e. The van der Waals surface area contributed by atoms with E-state index in [0.717, 1.165) is 0 Å². The number of aliphatic hydroxyl groups excluding tert-OH is 1. The van der Waals surface area contributed by atoms with Crippen molar-refractivity contribution >= 4 is 0 Å². The molecule has 0 aliphatic rings. The van der Waals surface area contributed by atoms with Gasteiger partial charge in [0, 0.05) is 23.5 Å². The SMILES string of the molecule is OC(c1cncnc1)c1cc(F)ccc1C(F)(F)F. The Bertz CT molecular complexity index is 572. The standard InChI is InChI=1S/C12H8F4N2O/c13-8-1-2-10(12(14,15)16)9(3-8)11(19)7-4-17-6-18-5-7/h1-6,11,19H. The van der Waals surface area contributed by atoms with Crippen molar-refractivity contribution in [3.8, 4) is 0 Å². The summed E-state index contributed by atoms with van der Waals surface area (Å²) in [5.41, 5.74) is -1.61. The normalized spacial score (nSPS) is 13.3. The Hall–Kier alpha value is -2.02. The summed E-state index contributed by atoms with van der Waals surface area (Å²) in [7, 11) is 0. The first-order chi connectivity index (χ1) is 8.89. The third-order valence-electron chi connectivity index (χ3n) is 2.51. The fourth-order valence-electron chi connectivity index (χ4n) is 1.65. The third-order valence-corrected chi connectivity index (χ3v) is 2.51. The van der Waals surface area contributed by atoms with Crippen molar-refractivity contribution in [3.63, 3.8) is 0 Å². The average molecular weight is 272 g/mol. The summed E-state index contributed by atoms with van der Waals surface area (Å²) >= 11 is 0. The van der Waals surface area contributed by atoms with Gasteiger partial charge in [-0.3, -0.25) is 0 Å². The van der Waals surface area contributed by atoms with E-state index in [0.29, 0.717) is 18.2 Å². The molecule has 0 bridgehead atoms. The van der Waals surface area contributed by atoms with E-state index in [4.69, 9.17) is 0 Å². The Balaban J connectivity index is 2.52. The first-order valence-electron chi connectivity index (χ1n) is 5.19. The van der Waals surface area contributed by atoms with E-state index in [1.54, 1.807) is 0 Å². The molecule has 7 heteroatoms. The molecule has 19 heavy (non-hydrogen) atoms. The zero-order valence-electron chi connectivity index (χ0n) is 9.39. The van der Waals surface area contributed by atoms with Crippen molar-refractivity contribution in [1.82, 2.24) is 9.97 Å². The van der Waals surface area contributed by atoms with Crippen molar-refractivity contribution in [2.75, 3.05) is 0 Å². The fraction of sp³-hybridized carbons (Fsp3) is 0.167. The molecule has 100 valence electrons. The number of aliphatic hydroxyl groups is 1. The summed E-state index contributed by atoms with van der Waals surface area (Å²) in [5, 5.41) is 9.91. The molecule has 1 atom stereocenters. The van der Waals surface area contributed by atoms with E-state index in [2.05, 4.69) is 9.97 Å². The van der Waals surface area contributed by atoms with Gasteiger partial charge in [0.05, 0.1) is 5.56 Å². The monoisotopic (exact) mass is 272 g/mol. The van der Waals surface area contributed by atoms with Gasteiger partial charge in [-0.2, -0.15) is 13.2 Å². The first-order valence-corrected chi connectivity index (χ1v) is 5.19. The molecule has 0 radical (unpaired) electrons. The van der Waals surface area contributed by atoms with E-state index in [1.807, 2.05) is 0 Å². The molecule has 2 aromatic rings. The Morgan fingerprint density at radius 2 is 1.74 bits per heavy atom. The third kappa shape index (κ3) is 2.87. The molecule has 1 aromatic heterocycles. The van der Waals surface area contributed by atoms with Gasteiger partial charge in [-0.25, -0.2) is 14.4 Å². The van der Waals surface area contributed by atoms with E-state index < -0.39 is 29.2 Å². The van der Waals surface area contributed by atoms with Crippen molar-refractivity contribution in [2.45, 2.75) is 12.3 Å². The quantitative estimate of drug-likeness (QED) is 0.855. The van der Waals surface area contributed by atoms with Gasteiger partial charge in [0.2, 0.25) is 0 Å². The first kappa shape index (κ1) is 13.4. The molecule has 2 rings (SSSR count). The Kier molecular flexibility index (Phi) is 3.48. The van der Waals surface area contributed by atoms with E-state index in [-0.39, 0.29) is 5.56 Å². The second-order valence-electron chi connectivity index (χ2n) is 3.80. The molecule has 0 spiro atoms. The van der Waals surface area contributed by atoms with Crippen LogP contribution in [0.15, 0.2) is 36.9 Å². The van der Waals surface area contributed by atoms with Crippen LogP contribution in [0.1, 0.15) is 22.8 Å². The predicted octanol–water partition coefficient (Wildman–Crippen LogP) is 2.72. The largest absolute Gasteiger partial charge is 0.416 e. The van der Waals surface area contributed by atoms with Crippen LogP contribution < -0.4 is 0 Å². The molecule has 0 saturated heterocycles. The Morgan fingerprint density at radius 1 is 1.11 bits per heavy atom. The van der Waals surface area contributed by atoms with E-state index in [9.17, 15) is 22.7 Å². The van der Waals surface area contributed by atoms with Gasteiger partial charge < -0.3 is 5.11 Å². The maximum absolute atomic E-state index is 13.1. The van der Waals surface area contributed by atoms with Crippen LogP contribution in [0.25, 0.3) is 0 Å². The average Bonchev–Trinajstić information content (AvgIpc) is 2.37. The van der Waals surface area contributed by atoms with Gasteiger partial charge >= 0.3 is 6.18 Å². The fourth-order valence-corrected chi connectivity index (χ4v) is 1.65. The molecule has 0 aliphatic carbocycles. The topological polar surface area (TPSA) is 46.0 Å². The smallest absolute Gasteiger partial charge is 0.384 e. The highest BCUT2D eigenvalue weighted by atomic mass is 19.4. The minimum absolute atomic E-state index is 0.0543. The van der Waals surface area contributed by atoms with Gasteiger partial charge in [-0.1, -0.05) is 0 Å². The van der Waals surface area contributed by atoms with Crippen molar-refractivity contribution < 1.29 is 22.7 Å². The Morgan fingerprint density at radius 3 is 2.32 bits per heavy atom. The lowest BCUT2D eigenvalue weighted by Crippen LogP contribution is -2.13. The number of halogens is 4. The summed E-state index contributed by atoms with van der Waals surface area (Å²) < 4.78 is 51.5. The molecule has 0 amide bonds. The van der Waals surface area contributed by atoms with Gasteiger partial charge in [0.25, 0.3) is 0 Å². The Labute approximate surface area is 105 Å². The summed E-state index contributed by atoms with van der Waals surface area (Å²) in [6.45, 7) is 0. The van der Waals surface area contributed by atoms with Gasteiger partial charge in [0.15, 0.2) is 0 Å². The molecule has 1 unspecified atom stereocenters. The summed E-state index contributed by atoms with van der Waals surface area (Å²) in [4.78, 5) is 7.20. The maximum Gasteiger partial charge on any atom is 0.416 e. The molecular weight excluding hydrogens is 264 g/mol. The number of benzene rings is 1. The molecule has 1 N–H and O–H groups in total.